The lowest BCUT2D eigenvalue weighted by Gasteiger charge is -2.20. The SMILES string of the molecule is Cl.N[C@@H](c1c(F)cccc1C(F)(F)F)C(F)(F)F. The van der Waals surface area contributed by atoms with Gasteiger partial charge in [-0.25, -0.2) is 4.39 Å². The third-order valence-corrected chi connectivity index (χ3v) is 2.02. The maximum absolute atomic E-state index is 13.1. The lowest BCUT2D eigenvalue weighted by molar-refractivity contribution is -0.156. The van der Waals surface area contributed by atoms with Crippen molar-refractivity contribution in [1.82, 2.24) is 0 Å². The standard InChI is InChI=1S/C9H6F7N.ClH/c10-5-3-1-2-4(8(11,12)13)6(5)7(17)9(14,15)16;/h1-3,7H,17H2;1H/t7-;/m0./s1. The summed E-state index contributed by atoms with van der Waals surface area (Å²) in [6.07, 6.45) is -10.2. The van der Waals surface area contributed by atoms with Crippen LogP contribution >= 0.6 is 12.4 Å². The zero-order chi connectivity index (χ0) is 13.4. The maximum atomic E-state index is 13.1. The molecule has 0 saturated heterocycles. The first-order valence-electron chi connectivity index (χ1n) is 4.23. The number of hydrogen-bond acceptors (Lipinski definition) is 1. The van der Waals surface area contributed by atoms with Crippen LogP contribution in [0, 0.1) is 5.82 Å². The van der Waals surface area contributed by atoms with Crippen molar-refractivity contribution in [3.63, 3.8) is 0 Å². The van der Waals surface area contributed by atoms with E-state index in [0.29, 0.717) is 18.2 Å². The maximum Gasteiger partial charge on any atom is 0.416 e. The number of benzene rings is 1. The largest absolute Gasteiger partial charge is 0.416 e. The van der Waals surface area contributed by atoms with Crippen molar-refractivity contribution < 1.29 is 30.7 Å². The molecule has 1 nitrogen and oxygen atoms in total. The average Bonchev–Trinajstić information content (AvgIpc) is 2.13. The van der Waals surface area contributed by atoms with Gasteiger partial charge in [0, 0.05) is 5.56 Å². The average molecular weight is 298 g/mol. The van der Waals surface area contributed by atoms with Crippen LogP contribution in [-0.2, 0) is 6.18 Å². The first kappa shape index (κ1) is 17.0. The Morgan fingerprint density at radius 3 is 1.89 bits per heavy atom. The molecule has 1 aromatic carbocycles. The summed E-state index contributed by atoms with van der Waals surface area (Å²) in [5.74, 6) is -1.63. The molecule has 1 aromatic rings. The molecule has 104 valence electrons. The third-order valence-electron chi connectivity index (χ3n) is 2.02. The van der Waals surface area contributed by atoms with Crippen molar-refractivity contribution in [3.05, 3.63) is 35.1 Å². The van der Waals surface area contributed by atoms with Crippen LogP contribution in [-0.4, -0.2) is 6.18 Å². The molecule has 0 saturated carbocycles. The second-order valence-corrected chi connectivity index (χ2v) is 3.22. The Morgan fingerprint density at radius 1 is 1.00 bits per heavy atom. The van der Waals surface area contributed by atoms with E-state index in [1.807, 2.05) is 0 Å². The fourth-order valence-corrected chi connectivity index (χ4v) is 1.26. The van der Waals surface area contributed by atoms with Gasteiger partial charge in [-0.3, -0.25) is 0 Å². The minimum atomic E-state index is -5.15. The molecule has 0 fully saturated rings. The molecule has 1 rings (SSSR count). The van der Waals surface area contributed by atoms with Crippen LogP contribution in [0.5, 0.6) is 0 Å². The van der Waals surface area contributed by atoms with E-state index in [0.717, 1.165) is 0 Å². The summed E-state index contributed by atoms with van der Waals surface area (Å²) in [5.41, 5.74) is 1.30. The highest BCUT2D eigenvalue weighted by molar-refractivity contribution is 5.85. The fraction of sp³-hybridized carbons (Fsp3) is 0.333. The fourth-order valence-electron chi connectivity index (χ4n) is 1.26. The van der Waals surface area contributed by atoms with Gasteiger partial charge in [-0.2, -0.15) is 26.3 Å². The molecular formula is C9H7ClF7N. The van der Waals surface area contributed by atoms with Gasteiger partial charge in [0.15, 0.2) is 0 Å². The van der Waals surface area contributed by atoms with Crippen molar-refractivity contribution in [2.45, 2.75) is 18.4 Å². The molecule has 0 heterocycles. The highest BCUT2D eigenvalue weighted by atomic mass is 35.5. The Bertz CT molecular complexity index is 412. The molecule has 0 aromatic heterocycles. The molecule has 0 aliphatic rings. The lowest BCUT2D eigenvalue weighted by Crippen LogP contribution is -2.31. The van der Waals surface area contributed by atoms with Crippen molar-refractivity contribution in [2.24, 2.45) is 5.73 Å². The van der Waals surface area contributed by atoms with Gasteiger partial charge in [-0.05, 0) is 12.1 Å². The van der Waals surface area contributed by atoms with E-state index in [2.05, 4.69) is 5.73 Å². The molecule has 0 aliphatic heterocycles. The Labute approximate surface area is 103 Å². The first-order valence-corrected chi connectivity index (χ1v) is 4.23. The summed E-state index contributed by atoms with van der Waals surface area (Å²) in [7, 11) is 0. The number of alkyl halides is 6. The van der Waals surface area contributed by atoms with Crippen LogP contribution in [0.2, 0.25) is 0 Å². The molecule has 9 heteroatoms. The van der Waals surface area contributed by atoms with Crippen LogP contribution in [0.4, 0.5) is 30.7 Å². The van der Waals surface area contributed by atoms with E-state index in [1.165, 1.54) is 0 Å². The quantitative estimate of drug-likeness (QED) is 0.783. The van der Waals surface area contributed by atoms with Gasteiger partial charge in [-0.15, -0.1) is 12.4 Å². The van der Waals surface area contributed by atoms with Crippen molar-refractivity contribution >= 4 is 12.4 Å². The van der Waals surface area contributed by atoms with E-state index in [4.69, 9.17) is 0 Å². The Kier molecular flexibility index (Phi) is 5.01. The number of nitrogens with two attached hydrogens (primary N) is 1. The van der Waals surface area contributed by atoms with E-state index < -0.39 is 35.3 Å². The van der Waals surface area contributed by atoms with Gasteiger partial charge in [0.2, 0.25) is 0 Å². The summed E-state index contributed by atoms with van der Waals surface area (Å²) in [4.78, 5) is 0. The first-order chi connectivity index (χ1) is 7.55. The third kappa shape index (κ3) is 3.49. The molecule has 18 heavy (non-hydrogen) atoms. The lowest BCUT2D eigenvalue weighted by atomic mass is 9.99. The van der Waals surface area contributed by atoms with Crippen molar-refractivity contribution in [2.75, 3.05) is 0 Å². The summed E-state index contributed by atoms with van der Waals surface area (Å²) in [6, 6.07) is -1.49. The monoisotopic (exact) mass is 297 g/mol. The summed E-state index contributed by atoms with van der Waals surface area (Å²) in [6.45, 7) is 0. The second-order valence-electron chi connectivity index (χ2n) is 3.22. The van der Waals surface area contributed by atoms with Gasteiger partial charge in [0.05, 0.1) is 5.56 Å². The van der Waals surface area contributed by atoms with E-state index in [-0.39, 0.29) is 12.4 Å². The molecule has 2 N–H and O–H groups in total. The van der Waals surface area contributed by atoms with Gasteiger partial charge in [0.1, 0.15) is 11.9 Å². The number of hydrogen-bond donors (Lipinski definition) is 1. The number of rotatable bonds is 1. The second kappa shape index (κ2) is 5.31. The predicted octanol–water partition coefficient (Wildman–Crippen LogP) is 3.83. The highest BCUT2D eigenvalue weighted by Crippen LogP contribution is 2.40. The van der Waals surface area contributed by atoms with Crippen LogP contribution in [0.25, 0.3) is 0 Å². The molecule has 0 bridgehead atoms. The predicted molar refractivity (Wildman–Crippen MR) is 51.6 cm³/mol. The Balaban J connectivity index is 0.00000289. The van der Waals surface area contributed by atoms with Crippen molar-refractivity contribution in [3.8, 4) is 0 Å². The van der Waals surface area contributed by atoms with Gasteiger partial charge in [0.25, 0.3) is 0 Å². The van der Waals surface area contributed by atoms with Crippen molar-refractivity contribution in [1.29, 1.82) is 0 Å². The summed E-state index contributed by atoms with van der Waals surface area (Å²) >= 11 is 0. The Hall–Kier alpha value is -1.02. The van der Waals surface area contributed by atoms with Crippen LogP contribution in [0.3, 0.4) is 0 Å². The minimum Gasteiger partial charge on any atom is -0.316 e. The minimum absolute atomic E-state index is 0. The molecule has 0 amide bonds. The van der Waals surface area contributed by atoms with Crippen LogP contribution < -0.4 is 5.73 Å². The molecule has 1 atom stereocenters. The van der Waals surface area contributed by atoms with E-state index in [9.17, 15) is 30.7 Å². The van der Waals surface area contributed by atoms with E-state index in [1.54, 1.807) is 0 Å². The zero-order valence-electron chi connectivity index (χ0n) is 8.44. The Morgan fingerprint density at radius 2 is 1.50 bits per heavy atom. The topological polar surface area (TPSA) is 26.0 Å². The van der Waals surface area contributed by atoms with Gasteiger partial charge < -0.3 is 5.73 Å². The summed E-state index contributed by atoms with van der Waals surface area (Å²) < 4.78 is 86.9. The van der Waals surface area contributed by atoms with E-state index >= 15 is 0 Å². The molecule has 0 radical (unpaired) electrons. The summed E-state index contributed by atoms with van der Waals surface area (Å²) in [5, 5.41) is 0. The highest BCUT2D eigenvalue weighted by Gasteiger charge is 2.45. The van der Waals surface area contributed by atoms with Gasteiger partial charge >= 0.3 is 12.4 Å². The zero-order valence-corrected chi connectivity index (χ0v) is 9.26. The van der Waals surface area contributed by atoms with Crippen LogP contribution in [0.15, 0.2) is 18.2 Å². The molecule has 0 spiro atoms. The normalized spacial score (nSPS) is 14.0. The molecule has 0 unspecified atom stereocenters. The molecular weight excluding hydrogens is 291 g/mol. The smallest absolute Gasteiger partial charge is 0.316 e. The number of halogens is 8. The van der Waals surface area contributed by atoms with Gasteiger partial charge in [-0.1, -0.05) is 6.07 Å². The van der Waals surface area contributed by atoms with Crippen LogP contribution in [0.1, 0.15) is 17.2 Å². The molecule has 0 aliphatic carbocycles.